The van der Waals surface area contributed by atoms with Gasteiger partial charge in [0.1, 0.15) is 0 Å². The molecular weight excluding hydrogens is 212 g/mol. The van der Waals surface area contributed by atoms with Crippen molar-refractivity contribution in [2.75, 3.05) is 0 Å². The molecule has 1 rings (SSSR count). The minimum Gasteiger partial charge on any atom is -0.211 e. The van der Waals surface area contributed by atoms with Gasteiger partial charge in [0.25, 0.3) is 0 Å². The van der Waals surface area contributed by atoms with Crippen LogP contribution in [0.4, 0.5) is 0 Å². The van der Waals surface area contributed by atoms with Crippen LogP contribution in [0.2, 0.25) is 0 Å². The van der Waals surface area contributed by atoms with Gasteiger partial charge in [0, 0.05) is 6.04 Å². The van der Waals surface area contributed by atoms with Crippen LogP contribution >= 0.6 is 0 Å². The molecule has 5 heteroatoms. The summed E-state index contributed by atoms with van der Waals surface area (Å²) in [4.78, 5) is 0. The van der Waals surface area contributed by atoms with E-state index in [0.717, 1.165) is 25.7 Å². The normalized spacial score (nSPS) is 29.4. The molecule has 0 aromatic heterocycles. The zero-order chi connectivity index (χ0) is 11.5. The van der Waals surface area contributed by atoms with E-state index in [-0.39, 0.29) is 6.04 Å². The lowest BCUT2D eigenvalue weighted by Gasteiger charge is -2.27. The molecule has 0 saturated heterocycles. The number of hydrogen-bond acceptors (Lipinski definition) is 3. The Morgan fingerprint density at radius 3 is 2.33 bits per heavy atom. The van der Waals surface area contributed by atoms with Crippen molar-refractivity contribution in [2.45, 2.75) is 50.8 Å². The van der Waals surface area contributed by atoms with Crippen LogP contribution in [-0.4, -0.2) is 19.7 Å². The number of nitrogens with zero attached hydrogens (tertiary/aromatic N) is 1. The number of rotatable bonds is 3. The maximum atomic E-state index is 11.6. The first-order valence-electron chi connectivity index (χ1n) is 5.36. The van der Waals surface area contributed by atoms with Crippen molar-refractivity contribution >= 4 is 10.0 Å². The predicted octanol–water partition coefficient (Wildman–Crippen LogP) is 1.40. The van der Waals surface area contributed by atoms with E-state index in [0.29, 0.717) is 5.92 Å². The zero-order valence-corrected chi connectivity index (χ0v) is 10.0. The molecule has 1 aliphatic carbocycles. The van der Waals surface area contributed by atoms with Crippen molar-refractivity contribution in [1.82, 2.24) is 4.72 Å². The fourth-order valence-electron chi connectivity index (χ4n) is 1.78. The Bertz CT molecular complexity index is 337. The van der Waals surface area contributed by atoms with E-state index in [2.05, 4.69) is 11.6 Å². The smallest absolute Gasteiger partial charge is 0.211 e. The Balaban J connectivity index is 2.52. The van der Waals surface area contributed by atoms with Gasteiger partial charge >= 0.3 is 0 Å². The van der Waals surface area contributed by atoms with Crippen molar-refractivity contribution < 1.29 is 8.42 Å². The number of nitrogens with one attached hydrogen (secondary N) is 1. The van der Waals surface area contributed by atoms with Crippen molar-refractivity contribution in [2.24, 2.45) is 5.92 Å². The fourth-order valence-corrected chi connectivity index (χ4v) is 2.82. The molecule has 1 N–H and O–H groups in total. The van der Waals surface area contributed by atoms with Gasteiger partial charge in [-0.25, -0.2) is 13.1 Å². The largest absolute Gasteiger partial charge is 0.227 e. The van der Waals surface area contributed by atoms with Crippen molar-refractivity contribution in [1.29, 1.82) is 5.26 Å². The summed E-state index contributed by atoms with van der Waals surface area (Å²) in [6.07, 6.45) is 3.90. The van der Waals surface area contributed by atoms with E-state index in [1.54, 1.807) is 6.07 Å². The highest BCUT2D eigenvalue weighted by Crippen LogP contribution is 2.24. The van der Waals surface area contributed by atoms with E-state index in [9.17, 15) is 8.42 Å². The van der Waals surface area contributed by atoms with Crippen LogP contribution in [0.5, 0.6) is 0 Å². The molecule has 0 bridgehead atoms. The van der Waals surface area contributed by atoms with Gasteiger partial charge in [0.05, 0.1) is 6.07 Å². The first kappa shape index (κ1) is 12.5. The topological polar surface area (TPSA) is 70.0 Å². The van der Waals surface area contributed by atoms with Crippen LogP contribution < -0.4 is 4.72 Å². The molecule has 1 atom stereocenters. The van der Waals surface area contributed by atoms with Gasteiger partial charge in [-0.1, -0.05) is 6.92 Å². The van der Waals surface area contributed by atoms with E-state index in [1.807, 2.05) is 0 Å². The quantitative estimate of drug-likeness (QED) is 0.796. The molecule has 1 aliphatic rings. The molecule has 0 aromatic carbocycles. The second-order valence-electron chi connectivity index (χ2n) is 4.39. The van der Waals surface area contributed by atoms with E-state index >= 15 is 0 Å². The van der Waals surface area contributed by atoms with Gasteiger partial charge in [-0.05, 0) is 38.5 Å². The summed E-state index contributed by atoms with van der Waals surface area (Å²) >= 11 is 0. The van der Waals surface area contributed by atoms with Crippen molar-refractivity contribution in [3.05, 3.63) is 0 Å². The molecule has 0 amide bonds. The molecule has 0 heterocycles. The fraction of sp³-hybridized carbons (Fsp3) is 0.900. The Kier molecular flexibility index (Phi) is 4.12. The van der Waals surface area contributed by atoms with Crippen LogP contribution in [0, 0.1) is 17.2 Å². The highest BCUT2D eigenvalue weighted by atomic mass is 32.2. The summed E-state index contributed by atoms with van der Waals surface area (Å²) in [5, 5.41) is 7.61. The lowest BCUT2D eigenvalue weighted by molar-refractivity contribution is 0.332. The molecule has 1 fully saturated rings. The summed E-state index contributed by atoms with van der Waals surface area (Å²) < 4.78 is 25.8. The Morgan fingerprint density at radius 1 is 1.33 bits per heavy atom. The van der Waals surface area contributed by atoms with Crippen LogP contribution in [-0.2, 0) is 10.0 Å². The highest BCUT2D eigenvalue weighted by molar-refractivity contribution is 7.90. The SMILES string of the molecule is CC1CCC(NS(=O)(=O)C(C)C#N)CC1. The Hall–Kier alpha value is -0.600. The summed E-state index contributed by atoms with van der Waals surface area (Å²) in [5.41, 5.74) is 0. The zero-order valence-electron chi connectivity index (χ0n) is 9.23. The van der Waals surface area contributed by atoms with Gasteiger partial charge in [-0.2, -0.15) is 5.26 Å². The van der Waals surface area contributed by atoms with Gasteiger partial charge in [0.15, 0.2) is 5.25 Å². The summed E-state index contributed by atoms with van der Waals surface area (Å²) in [5.74, 6) is 0.694. The molecule has 15 heavy (non-hydrogen) atoms. The maximum absolute atomic E-state index is 11.6. The average molecular weight is 230 g/mol. The highest BCUT2D eigenvalue weighted by Gasteiger charge is 2.26. The molecule has 1 unspecified atom stereocenters. The lowest BCUT2D eigenvalue weighted by Crippen LogP contribution is -2.41. The molecule has 4 nitrogen and oxygen atoms in total. The summed E-state index contributed by atoms with van der Waals surface area (Å²) in [6, 6.07) is 1.78. The van der Waals surface area contributed by atoms with Gasteiger partial charge in [-0.15, -0.1) is 0 Å². The molecule has 0 aromatic rings. The first-order chi connectivity index (χ1) is 6.95. The van der Waals surface area contributed by atoms with E-state index < -0.39 is 15.3 Å². The van der Waals surface area contributed by atoms with Crippen LogP contribution in [0.1, 0.15) is 39.5 Å². The van der Waals surface area contributed by atoms with E-state index in [4.69, 9.17) is 5.26 Å². The number of nitriles is 1. The molecule has 0 radical (unpaired) electrons. The van der Waals surface area contributed by atoms with Gasteiger partial charge < -0.3 is 0 Å². The van der Waals surface area contributed by atoms with Gasteiger partial charge in [-0.3, -0.25) is 0 Å². The third kappa shape index (κ3) is 3.47. The third-order valence-corrected chi connectivity index (χ3v) is 4.69. The monoisotopic (exact) mass is 230 g/mol. The van der Waals surface area contributed by atoms with Crippen molar-refractivity contribution in [3.63, 3.8) is 0 Å². The average Bonchev–Trinajstić information content (AvgIpc) is 2.20. The van der Waals surface area contributed by atoms with Crippen LogP contribution in [0.3, 0.4) is 0 Å². The van der Waals surface area contributed by atoms with Crippen LogP contribution in [0.15, 0.2) is 0 Å². The maximum Gasteiger partial charge on any atom is 0.227 e. The lowest BCUT2D eigenvalue weighted by atomic mass is 9.88. The summed E-state index contributed by atoms with van der Waals surface area (Å²) in [6.45, 7) is 3.59. The summed E-state index contributed by atoms with van der Waals surface area (Å²) in [7, 11) is -3.44. The second kappa shape index (κ2) is 4.95. The Morgan fingerprint density at radius 2 is 1.87 bits per heavy atom. The predicted molar refractivity (Wildman–Crippen MR) is 58.6 cm³/mol. The minimum absolute atomic E-state index is 0.0296. The Labute approximate surface area is 91.7 Å². The molecule has 1 saturated carbocycles. The van der Waals surface area contributed by atoms with E-state index in [1.165, 1.54) is 6.92 Å². The third-order valence-electron chi connectivity index (χ3n) is 2.99. The standard InChI is InChI=1S/C10H18N2O2S/c1-8-3-5-10(6-4-8)12-15(13,14)9(2)7-11/h8-10,12H,3-6H2,1-2H3. The van der Waals surface area contributed by atoms with Crippen molar-refractivity contribution in [3.8, 4) is 6.07 Å². The van der Waals surface area contributed by atoms with Crippen LogP contribution in [0.25, 0.3) is 0 Å². The molecule has 0 spiro atoms. The van der Waals surface area contributed by atoms with Gasteiger partial charge in [0.2, 0.25) is 10.0 Å². The molecular formula is C10H18N2O2S. The molecule has 86 valence electrons. The second-order valence-corrected chi connectivity index (χ2v) is 6.42. The number of hydrogen-bond donors (Lipinski definition) is 1. The minimum atomic E-state index is -3.44. The first-order valence-corrected chi connectivity index (χ1v) is 6.91. The molecule has 0 aliphatic heterocycles. The number of sulfonamides is 1.